The first-order chi connectivity index (χ1) is 30.2. The summed E-state index contributed by atoms with van der Waals surface area (Å²) in [5.41, 5.74) is 23.4. The van der Waals surface area contributed by atoms with E-state index < -0.39 is 0 Å². The van der Waals surface area contributed by atoms with E-state index in [0.29, 0.717) is 0 Å². The minimum atomic E-state index is 0.920. The summed E-state index contributed by atoms with van der Waals surface area (Å²) in [4.78, 5) is 0. The van der Waals surface area contributed by atoms with Crippen molar-refractivity contribution >= 4 is 54.5 Å². The van der Waals surface area contributed by atoms with Crippen molar-refractivity contribution in [3.63, 3.8) is 0 Å². The van der Waals surface area contributed by atoms with Crippen LogP contribution in [-0.2, 0) is 6.42 Å². The highest BCUT2D eigenvalue weighted by atomic mass is 16.3. The second-order valence-electron chi connectivity index (χ2n) is 16.8. The van der Waals surface area contributed by atoms with Gasteiger partial charge in [-0.05, 0) is 132 Å². The van der Waals surface area contributed by atoms with Crippen molar-refractivity contribution in [1.29, 1.82) is 0 Å². The van der Waals surface area contributed by atoms with E-state index in [9.17, 15) is 0 Å². The minimum absolute atomic E-state index is 0.920. The molecule has 61 heavy (non-hydrogen) atoms. The van der Waals surface area contributed by atoms with Gasteiger partial charge in [-0.3, -0.25) is 0 Å². The molecule has 0 bridgehead atoms. The van der Waals surface area contributed by atoms with Gasteiger partial charge in [-0.15, -0.1) is 0 Å². The number of fused-ring (bicyclic) bond motifs is 12. The molecule has 0 fully saturated rings. The van der Waals surface area contributed by atoms with Gasteiger partial charge in [-0.1, -0.05) is 158 Å². The fraction of sp³-hybridized carbons (Fsp3) is 0.0169. The Bertz CT molecular complexity index is 3810. The number of hydrogen-bond acceptors (Lipinski definition) is 1. The molecular weight excluding hydrogens is 739 g/mol. The first-order valence-corrected chi connectivity index (χ1v) is 21.2. The molecule has 2 aliphatic rings. The molecule has 0 amide bonds. The average Bonchev–Trinajstić information content (AvgIpc) is 4.07. The van der Waals surface area contributed by atoms with E-state index in [0.717, 1.165) is 39.5 Å². The maximum atomic E-state index is 6.38. The number of nitrogens with zero attached hydrogens (tertiary/aromatic N) is 1. The maximum absolute atomic E-state index is 6.38. The van der Waals surface area contributed by atoms with Crippen LogP contribution in [0.3, 0.4) is 0 Å². The monoisotopic (exact) mass is 773 g/mol. The molecule has 0 radical (unpaired) electrons. The van der Waals surface area contributed by atoms with Crippen molar-refractivity contribution in [1.82, 2.24) is 4.57 Å². The molecule has 2 heterocycles. The van der Waals surface area contributed by atoms with Crippen LogP contribution < -0.4 is 0 Å². The van der Waals surface area contributed by atoms with Crippen molar-refractivity contribution < 1.29 is 4.42 Å². The molecule has 0 unspecified atom stereocenters. The Kier molecular flexibility index (Phi) is 6.64. The van der Waals surface area contributed by atoms with Crippen molar-refractivity contribution in [3.05, 3.63) is 211 Å². The summed E-state index contributed by atoms with van der Waals surface area (Å²) < 4.78 is 8.83. The molecule has 0 aliphatic heterocycles. The minimum Gasteiger partial charge on any atom is -0.455 e. The number of para-hydroxylation sites is 3. The molecule has 0 atom stereocenters. The lowest BCUT2D eigenvalue weighted by molar-refractivity contribution is 0.670. The van der Waals surface area contributed by atoms with Crippen LogP contribution in [0.1, 0.15) is 11.1 Å². The SMILES string of the molecule is c1ccc2c(c1)-c1cccc3c(-c4ccc5c(c4)-c4cc(-n6c7ccccc7c7cc(-c8ccc(-c9cccc%10c9oc9ccccc9%10)cc8)ccc76)ccc4C5)ccc-2c13. The molecular formula is C59H35NO. The average molecular weight is 774 g/mol. The van der Waals surface area contributed by atoms with Crippen molar-refractivity contribution in [2.24, 2.45) is 0 Å². The zero-order valence-corrected chi connectivity index (χ0v) is 33.1. The van der Waals surface area contributed by atoms with Gasteiger partial charge in [-0.2, -0.15) is 0 Å². The van der Waals surface area contributed by atoms with Crippen molar-refractivity contribution in [2.45, 2.75) is 6.42 Å². The van der Waals surface area contributed by atoms with Crippen LogP contribution in [0.15, 0.2) is 205 Å². The van der Waals surface area contributed by atoms with Crippen LogP contribution in [0.5, 0.6) is 0 Å². The van der Waals surface area contributed by atoms with Gasteiger partial charge in [0.15, 0.2) is 0 Å². The Morgan fingerprint density at radius 3 is 1.80 bits per heavy atom. The quantitative estimate of drug-likeness (QED) is 0.174. The predicted octanol–water partition coefficient (Wildman–Crippen LogP) is 16.1. The lowest BCUT2D eigenvalue weighted by Gasteiger charge is -2.13. The van der Waals surface area contributed by atoms with Crippen molar-refractivity contribution in [3.8, 4) is 72.4 Å². The highest BCUT2D eigenvalue weighted by Crippen LogP contribution is 2.50. The molecule has 2 aromatic heterocycles. The highest BCUT2D eigenvalue weighted by molar-refractivity contribution is 6.19. The summed E-state index contributed by atoms with van der Waals surface area (Å²) in [6.45, 7) is 0. The summed E-state index contributed by atoms with van der Waals surface area (Å²) >= 11 is 0. The van der Waals surface area contributed by atoms with Gasteiger partial charge in [0.25, 0.3) is 0 Å². The molecule has 10 aromatic carbocycles. The third-order valence-corrected chi connectivity index (χ3v) is 13.6. The molecule has 2 nitrogen and oxygen atoms in total. The van der Waals surface area contributed by atoms with Gasteiger partial charge in [-0.25, -0.2) is 0 Å². The number of benzene rings is 10. The lowest BCUT2D eigenvalue weighted by atomic mass is 9.92. The standard InChI is InChI=1S/C59H35NO/c1-2-10-45-44(9-1)49-15-8-14-48-42(28-29-50(45)58(48)49)40-24-23-38-31-39-25-27-41(34-53(39)52(38)33-40)60-55-17-5-3-11-46(55)54-32-37(26-30-56(54)60)35-19-21-36(22-20-35)43-13-7-16-51-47-12-4-6-18-57(47)61-59(43)51/h1-30,32-34H,31H2. The Morgan fingerprint density at radius 2 is 0.934 bits per heavy atom. The Morgan fingerprint density at radius 1 is 0.328 bits per heavy atom. The maximum Gasteiger partial charge on any atom is 0.143 e. The molecule has 14 rings (SSSR count). The molecule has 12 aromatic rings. The van der Waals surface area contributed by atoms with E-state index in [-0.39, 0.29) is 0 Å². The summed E-state index contributed by atoms with van der Waals surface area (Å²) in [5.74, 6) is 0. The summed E-state index contributed by atoms with van der Waals surface area (Å²) in [7, 11) is 0. The van der Waals surface area contributed by atoms with E-state index in [1.54, 1.807) is 0 Å². The smallest absolute Gasteiger partial charge is 0.143 e. The Balaban J connectivity index is 0.848. The third-order valence-electron chi connectivity index (χ3n) is 13.6. The van der Waals surface area contributed by atoms with Crippen LogP contribution in [0.4, 0.5) is 0 Å². The highest BCUT2D eigenvalue weighted by Gasteiger charge is 2.25. The molecule has 282 valence electrons. The number of furan rings is 1. The van der Waals surface area contributed by atoms with Gasteiger partial charge in [0.05, 0.1) is 11.0 Å². The van der Waals surface area contributed by atoms with Gasteiger partial charge in [0.1, 0.15) is 11.2 Å². The fourth-order valence-corrected chi connectivity index (χ4v) is 10.8. The second kappa shape index (κ2) is 12.3. The van der Waals surface area contributed by atoms with Crippen LogP contribution >= 0.6 is 0 Å². The van der Waals surface area contributed by atoms with E-state index in [1.807, 2.05) is 12.1 Å². The summed E-state index contributed by atoms with van der Waals surface area (Å²) in [6, 6.07) is 74.0. The summed E-state index contributed by atoms with van der Waals surface area (Å²) in [6.07, 6.45) is 0.952. The zero-order valence-electron chi connectivity index (χ0n) is 33.1. The molecule has 2 aliphatic carbocycles. The predicted molar refractivity (Wildman–Crippen MR) is 255 cm³/mol. The largest absolute Gasteiger partial charge is 0.455 e. The first kappa shape index (κ1) is 33.0. The van der Waals surface area contributed by atoms with E-state index in [4.69, 9.17) is 4.42 Å². The van der Waals surface area contributed by atoms with E-state index >= 15 is 0 Å². The fourth-order valence-electron chi connectivity index (χ4n) is 10.8. The molecule has 0 saturated heterocycles. The van der Waals surface area contributed by atoms with Gasteiger partial charge >= 0.3 is 0 Å². The van der Waals surface area contributed by atoms with Gasteiger partial charge in [0, 0.05) is 32.8 Å². The Hall–Kier alpha value is -7.94. The number of hydrogen-bond donors (Lipinski definition) is 0. The van der Waals surface area contributed by atoms with Crippen LogP contribution in [0, 0.1) is 0 Å². The molecule has 0 saturated carbocycles. The van der Waals surface area contributed by atoms with Crippen LogP contribution in [0.2, 0.25) is 0 Å². The third kappa shape index (κ3) is 4.67. The molecule has 0 spiro atoms. The number of aromatic nitrogens is 1. The summed E-state index contributed by atoms with van der Waals surface area (Å²) in [5, 5.41) is 7.49. The zero-order chi connectivity index (χ0) is 39.8. The normalized spacial score (nSPS) is 12.5. The molecule has 0 N–H and O–H groups in total. The second-order valence-corrected chi connectivity index (χ2v) is 16.8. The van der Waals surface area contributed by atoms with Crippen LogP contribution in [0.25, 0.3) is 127 Å². The number of rotatable bonds is 4. The van der Waals surface area contributed by atoms with Gasteiger partial charge in [0.2, 0.25) is 0 Å². The van der Waals surface area contributed by atoms with Gasteiger partial charge < -0.3 is 8.98 Å². The Labute approximate surface area is 352 Å². The topological polar surface area (TPSA) is 18.1 Å². The lowest BCUT2D eigenvalue weighted by Crippen LogP contribution is -1.95. The van der Waals surface area contributed by atoms with E-state index in [2.05, 4.69) is 193 Å². The van der Waals surface area contributed by atoms with E-state index in [1.165, 1.54) is 105 Å². The molecule has 2 heteroatoms. The van der Waals surface area contributed by atoms with Crippen LogP contribution in [-0.4, -0.2) is 4.57 Å². The first-order valence-electron chi connectivity index (χ1n) is 21.2. The van der Waals surface area contributed by atoms with Crippen molar-refractivity contribution in [2.75, 3.05) is 0 Å².